The van der Waals surface area contributed by atoms with Crippen LogP contribution in [0.2, 0.25) is 0 Å². The molecule has 0 bridgehead atoms. The highest BCUT2D eigenvalue weighted by Crippen LogP contribution is 2.35. The zero-order valence-electron chi connectivity index (χ0n) is 10.5. The molecule has 2 N–H and O–H groups in total. The second kappa shape index (κ2) is 6.31. The summed E-state index contributed by atoms with van der Waals surface area (Å²) < 4.78 is 7.42. The van der Waals surface area contributed by atoms with Gasteiger partial charge < -0.3 is 10.2 Å². The summed E-state index contributed by atoms with van der Waals surface area (Å²) >= 11 is 8.89. The molecule has 0 aromatic carbocycles. The van der Waals surface area contributed by atoms with Crippen LogP contribution in [0.5, 0.6) is 0 Å². The monoisotopic (exact) mass is 396 g/mol. The predicted octanol–water partition coefficient (Wildman–Crippen LogP) is 3.63. The van der Waals surface area contributed by atoms with E-state index in [0.717, 1.165) is 28.0 Å². The minimum atomic E-state index is 0.165. The van der Waals surface area contributed by atoms with Crippen LogP contribution in [0.25, 0.3) is 0 Å². The molecule has 0 spiro atoms. The molecule has 1 aliphatic rings. The van der Waals surface area contributed by atoms with Crippen molar-refractivity contribution in [1.82, 2.24) is 4.90 Å². The smallest absolute Gasteiger partial charge is 0.183 e. The third kappa shape index (κ3) is 3.33. The van der Waals surface area contributed by atoms with E-state index < -0.39 is 0 Å². The average Bonchev–Trinajstić information content (AvgIpc) is 2.58. The van der Waals surface area contributed by atoms with Crippen molar-refractivity contribution in [1.29, 1.82) is 0 Å². The lowest BCUT2D eigenvalue weighted by Gasteiger charge is -2.38. The van der Waals surface area contributed by atoms with Crippen molar-refractivity contribution in [3.63, 3.8) is 0 Å². The lowest BCUT2D eigenvalue weighted by molar-refractivity contribution is 0.176. The number of nitrogens with zero attached hydrogens (tertiary/aromatic N) is 1. The molecule has 0 aliphatic carbocycles. The van der Waals surface area contributed by atoms with E-state index in [1.807, 2.05) is 17.8 Å². The van der Waals surface area contributed by atoms with Gasteiger partial charge in [-0.05, 0) is 37.9 Å². The SMILES string of the molecule is CC1CN(C(CN)c2cc(Br)c(Br)o2)CC(C)S1. The first-order valence-electron chi connectivity index (χ1n) is 6.05. The van der Waals surface area contributed by atoms with E-state index in [9.17, 15) is 0 Å². The van der Waals surface area contributed by atoms with E-state index in [2.05, 4.69) is 50.6 Å². The van der Waals surface area contributed by atoms with E-state index in [1.165, 1.54) is 0 Å². The van der Waals surface area contributed by atoms with Gasteiger partial charge in [-0.1, -0.05) is 13.8 Å². The summed E-state index contributed by atoms with van der Waals surface area (Å²) in [7, 11) is 0. The van der Waals surface area contributed by atoms with Crippen molar-refractivity contribution in [3.8, 4) is 0 Å². The van der Waals surface area contributed by atoms with E-state index >= 15 is 0 Å². The Hall–Kier alpha value is 0.510. The number of rotatable bonds is 3. The minimum Gasteiger partial charge on any atom is -0.451 e. The fraction of sp³-hybridized carbons (Fsp3) is 0.667. The Kier molecular flexibility index (Phi) is 5.22. The second-order valence-corrected chi connectivity index (χ2v) is 8.19. The number of furan rings is 1. The van der Waals surface area contributed by atoms with Crippen molar-refractivity contribution in [2.24, 2.45) is 5.73 Å². The molecule has 3 nitrogen and oxygen atoms in total. The molecule has 1 aromatic heterocycles. The fourth-order valence-electron chi connectivity index (χ4n) is 2.44. The molecule has 0 saturated carbocycles. The second-order valence-electron chi connectivity index (χ2n) is 4.73. The van der Waals surface area contributed by atoms with Crippen LogP contribution in [-0.2, 0) is 0 Å². The number of nitrogens with two attached hydrogens (primary N) is 1. The van der Waals surface area contributed by atoms with E-state index in [0.29, 0.717) is 17.0 Å². The first-order chi connectivity index (χ1) is 8.51. The predicted molar refractivity (Wildman–Crippen MR) is 84.0 cm³/mol. The van der Waals surface area contributed by atoms with E-state index in [1.54, 1.807) is 0 Å². The largest absolute Gasteiger partial charge is 0.451 e. The van der Waals surface area contributed by atoms with E-state index in [-0.39, 0.29) is 6.04 Å². The highest BCUT2D eigenvalue weighted by Gasteiger charge is 2.30. The summed E-state index contributed by atoms with van der Waals surface area (Å²) in [5, 5.41) is 1.29. The molecular weight excluding hydrogens is 380 g/mol. The Morgan fingerprint density at radius 1 is 1.44 bits per heavy atom. The van der Waals surface area contributed by atoms with Crippen molar-refractivity contribution >= 4 is 43.6 Å². The zero-order valence-corrected chi connectivity index (χ0v) is 14.5. The lowest BCUT2D eigenvalue weighted by Crippen LogP contribution is -2.44. The van der Waals surface area contributed by atoms with Gasteiger partial charge in [-0.25, -0.2) is 0 Å². The molecule has 0 radical (unpaired) electrons. The molecular formula is C12H18Br2N2OS. The zero-order chi connectivity index (χ0) is 13.3. The van der Waals surface area contributed by atoms with Crippen molar-refractivity contribution in [3.05, 3.63) is 21.0 Å². The Balaban J connectivity index is 2.17. The van der Waals surface area contributed by atoms with Crippen LogP contribution >= 0.6 is 43.6 Å². The summed E-state index contributed by atoms with van der Waals surface area (Å²) in [5.74, 6) is 0.933. The Labute approximate surface area is 129 Å². The van der Waals surface area contributed by atoms with Crippen molar-refractivity contribution in [2.45, 2.75) is 30.4 Å². The van der Waals surface area contributed by atoms with Gasteiger partial charge in [0.25, 0.3) is 0 Å². The van der Waals surface area contributed by atoms with Gasteiger partial charge in [0, 0.05) is 30.1 Å². The molecule has 1 aromatic rings. The Bertz CT molecular complexity index is 383. The van der Waals surface area contributed by atoms with Crippen LogP contribution < -0.4 is 5.73 Å². The third-order valence-electron chi connectivity index (χ3n) is 3.10. The molecule has 1 aliphatic heterocycles. The average molecular weight is 398 g/mol. The van der Waals surface area contributed by atoms with Crippen LogP contribution in [0.3, 0.4) is 0 Å². The maximum absolute atomic E-state index is 5.95. The summed E-state index contributed by atoms with van der Waals surface area (Å²) in [6.07, 6.45) is 0. The normalized spacial score (nSPS) is 27.4. The first-order valence-corrected chi connectivity index (χ1v) is 8.58. The number of hydrogen-bond donors (Lipinski definition) is 1. The van der Waals surface area contributed by atoms with Gasteiger partial charge in [-0.2, -0.15) is 11.8 Å². The topological polar surface area (TPSA) is 42.4 Å². The molecule has 1 saturated heterocycles. The molecule has 18 heavy (non-hydrogen) atoms. The van der Waals surface area contributed by atoms with Crippen LogP contribution in [0.1, 0.15) is 25.6 Å². The number of thioether (sulfide) groups is 1. The number of halogens is 2. The van der Waals surface area contributed by atoms with Gasteiger partial charge >= 0.3 is 0 Å². The standard InChI is InChI=1S/C12H18Br2N2OS/c1-7-5-16(6-8(2)18-7)10(4-15)11-3-9(13)12(14)17-11/h3,7-8,10H,4-6,15H2,1-2H3. The third-order valence-corrected chi connectivity index (χ3v) is 6.04. The van der Waals surface area contributed by atoms with E-state index in [4.69, 9.17) is 10.2 Å². The Morgan fingerprint density at radius 3 is 2.50 bits per heavy atom. The molecule has 1 fully saturated rings. The molecule has 3 unspecified atom stereocenters. The maximum Gasteiger partial charge on any atom is 0.183 e. The first kappa shape index (κ1) is 14.9. The Morgan fingerprint density at radius 2 is 2.06 bits per heavy atom. The summed E-state index contributed by atoms with van der Waals surface area (Å²) in [6.45, 7) is 7.25. The van der Waals surface area contributed by atoms with Gasteiger partial charge in [-0.15, -0.1) is 0 Å². The maximum atomic E-state index is 5.95. The van der Waals surface area contributed by atoms with Crippen molar-refractivity contribution < 1.29 is 4.42 Å². The van der Waals surface area contributed by atoms with Gasteiger partial charge in [0.2, 0.25) is 0 Å². The fourth-order valence-corrected chi connectivity index (χ4v) is 4.40. The van der Waals surface area contributed by atoms with Crippen LogP contribution in [-0.4, -0.2) is 35.0 Å². The molecule has 2 rings (SSSR count). The molecule has 0 amide bonds. The van der Waals surface area contributed by atoms with Gasteiger partial charge in [0.15, 0.2) is 4.67 Å². The molecule has 6 heteroatoms. The van der Waals surface area contributed by atoms with Gasteiger partial charge in [0.05, 0.1) is 10.5 Å². The summed E-state index contributed by atoms with van der Waals surface area (Å²) in [5.41, 5.74) is 5.95. The van der Waals surface area contributed by atoms with Crippen molar-refractivity contribution in [2.75, 3.05) is 19.6 Å². The molecule has 3 atom stereocenters. The molecule has 102 valence electrons. The van der Waals surface area contributed by atoms with Crippen LogP contribution in [0.15, 0.2) is 19.6 Å². The lowest BCUT2D eigenvalue weighted by atomic mass is 10.1. The highest BCUT2D eigenvalue weighted by molar-refractivity contribution is 9.13. The van der Waals surface area contributed by atoms with Gasteiger partial charge in [0.1, 0.15) is 5.76 Å². The number of hydrogen-bond acceptors (Lipinski definition) is 4. The quantitative estimate of drug-likeness (QED) is 0.845. The highest BCUT2D eigenvalue weighted by atomic mass is 79.9. The minimum absolute atomic E-state index is 0.165. The summed E-state index contributed by atoms with van der Waals surface area (Å²) in [6, 6.07) is 2.18. The molecule has 2 heterocycles. The van der Waals surface area contributed by atoms with Crippen LogP contribution in [0, 0.1) is 0 Å². The van der Waals surface area contributed by atoms with Gasteiger partial charge in [-0.3, -0.25) is 4.90 Å². The summed E-state index contributed by atoms with van der Waals surface area (Å²) in [4.78, 5) is 2.43. The van der Waals surface area contributed by atoms with Crippen LogP contribution in [0.4, 0.5) is 0 Å².